The first-order valence-corrected chi connectivity index (χ1v) is 10.6. The number of H-pyrrole nitrogens is 1. The number of aryl methyl sites for hydroxylation is 1. The van der Waals surface area contributed by atoms with E-state index in [0.717, 1.165) is 54.1 Å². The Bertz CT molecular complexity index is 1130. The fourth-order valence-corrected chi connectivity index (χ4v) is 4.11. The van der Waals surface area contributed by atoms with Gasteiger partial charge in [-0.3, -0.25) is 9.69 Å². The molecule has 168 valence electrons. The Morgan fingerprint density at radius 1 is 1.06 bits per heavy atom. The zero-order valence-corrected chi connectivity index (χ0v) is 18.6. The molecule has 0 bridgehead atoms. The number of ether oxygens (including phenoxy) is 2. The standard InChI is InChI=1S/C24H28N4O4/c1-16-8-9-18-17(14-16)22(23(25-18)24(30)32-3)26-21(29)15-27-10-12-28(13-11-27)19-6-4-5-7-20(19)31-2/h4-9,14,25H,10-13,15H2,1-3H3,(H,26,29). The summed E-state index contributed by atoms with van der Waals surface area (Å²) in [5, 5.41) is 3.73. The molecule has 1 aliphatic heterocycles. The number of amides is 1. The number of hydrogen-bond donors (Lipinski definition) is 2. The van der Waals surface area contributed by atoms with Crippen LogP contribution in [0.15, 0.2) is 42.5 Å². The van der Waals surface area contributed by atoms with E-state index in [-0.39, 0.29) is 18.1 Å². The van der Waals surface area contributed by atoms with E-state index in [4.69, 9.17) is 9.47 Å². The minimum atomic E-state index is -0.514. The van der Waals surface area contributed by atoms with Gasteiger partial charge in [0, 0.05) is 37.1 Å². The highest BCUT2D eigenvalue weighted by molar-refractivity contribution is 6.11. The van der Waals surface area contributed by atoms with Crippen molar-refractivity contribution >= 4 is 34.2 Å². The molecule has 1 aliphatic rings. The van der Waals surface area contributed by atoms with Crippen LogP contribution in [0.3, 0.4) is 0 Å². The average Bonchev–Trinajstić information content (AvgIpc) is 3.16. The molecule has 0 atom stereocenters. The number of nitrogens with zero attached hydrogens (tertiary/aromatic N) is 2. The molecule has 0 spiro atoms. The minimum absolute atomic E-state index is 0.164. The van der Waals surface area contributed by atoms with Crippen LogP contribution in [0.1, 0.15) is 16.1 Å². The van der Waals surface area contributed by atoms with Crippen molar-refractivity contribution in [2.45, 2.75) is 6.92 Å². The van der Waals surface area contributed by atoms with Crippen LogP contribution >= 0.6 is 0 Å². The summed E-state index contributed by atoms with van der Waals surface area (Å²) in [5.74, 6) is 0.173. The largest absolute Gasteiger partial charge is 0.495 e. The highest BCUT2D eigenvalue weighted by Crippen LogP contribution is 2.30. The molecule has 4 rings (SSSR count). The van der Waals surface area contributed by atoms with E-state index in [0.29, 0.717) is 5.69 Å². The van der Waals surface area contributed by atoms with Crippen molar-refractivity contribution in [3.8, 4) is 5.75 Å². The Balaban J connectivity index is 1.43. The molecule has 0 unspecified atom stereocenters. The highest BCUT2D eigenvalue weighted by atomic mass is 16.5. The molecule has 8 nitrogen and oxygen atoms in total. The van der Waals surface area contributed by atoms with Crippen LogP contribution in [-0.4, -0.2) is 68.7 Å². The van der Waals surface area contributed by atoms with E-state index in [1.807, 2.05) is 43.3 Å². The molecule has 3 aromatic rings. The molecule has 2 aromatic carbocycles. The number of para-hydroxylation sites is 2. The van der Waals surface area contributed by atoms with Crippen LogP contribution in [0, 0.1) is 6.92 Å². The second kappa shape index (κ2) is 9.32. The summed E-state index contributed by atoms with van der Waals surface area (Å²) in [7, 11) is 3.00. The summed E-state index contributed by atoms with van der Waals surface area (Å²) in [4.78, 5) is 32.6. The number of nitrogens with one attached hydrogen (secondary N) is 2. The molecule has 1 amide bonds. The van der Waals surface area contributed by atoms with Crippen molar-refractivity contribution in [2.24, 2.45) is 0 Å². The Morgan fingerprint density at radius 2 is 1.81 bits per heavy atom. The smallest absolute Gasteiger partial charge is 0.356 e. The highest BCUT2D eigenvalue weighted by Gasteiger charge is 2.24. The molecule has 0 saturated carbocycles. The SMILES string of the molecule is COC(=O)c1[nH]c2ccc(C)cc2c1NC(=O)CN1CCN(c2ccccc2OC)CC1. The van der Waals surface area contributed by atoms with Gasteiger partial charge in [0.15, 0.2) is 0 Å². The summed E-state index contributed by atoms with van der Waals surface area (Å²) in [6, 6.07) is 13.7. The lowest BCUT2D eigenvalue weighted by Gasteiger charge is -2.36. The number of carbonyl (C=O) groups excluding carboxylic acids is 2. The van der Waals surface area contributed by atoms with Crippen LogP contribution in [0.4, 0.5) is 11.4 Å². The Labute approximate surface area is 187 Å². The van der Waals surface area contributed by atoms with Gasteiger partial charge in [-0.25, -0.2) is 4.79 Å². The van der Waals surface area contributed by atoms with Gasteiger partial charge in [-0.2, -0.15) is 0 Å². The Kier molecular flexibility index (Phi) is 6.32. The number of aromatic nitrogens is 1. The van der Waals surface area contributed by atoms with E-state index < -0.39 is 5.97 Å². The van der Waals surface area contributed by atoms with Crippen molar-refractivity contribution < 1.29 is 19.1 Å². The van der Waals surface area contributed by atoms with Gasteiger partial charge in [-0.15, -0.1) is 0 Å². The van der Waals surface area contributed by atoms with Gasteiger partial charge < -0.3 is 24.7 Å². The van der Waals surface area contributed by atoms with Gasteiger partial charge in [0.2, 0.25) is 5.91 Å². The topological polar surface area (TPSA) is 86.9 Å². The lowest BCUT2D eigenvalue weighted by Crippen LogP contribution is -2.48. The van der Waals surface area contributed by atoms with E-state index in [1.165, 1.54) is 7.11 Å². The monoisotopic (exact) mass is 436 g/mol. The maximum absolute atomic E-state index is 12.9. The Hall–Kier alpha value is -3.52. The molecule has 2 N–H and O–H groups in total. The summed E-state index contributed by atoms with van der Waals surface area (Å²) in [6.07, 6.45) is 0. The molecule has 8 heteroatoms. The number of carbonyl (C=O) groups is 2. The molecule has 1 fully saturated rings. The number of methoxy groups -OCH3 is 2. The van der Waals surface area contributed by atoms with Gasteiger partial charge >= 0.3 is 5.97 Å². The maximum atomic E-state index is 12.9. The number of fused-ring (bicyclic) bond motifs is 1. The second-order valence-electron chi connectivity index (χ2n) is 7.90. The number of aromatic amines is 1. The number of anilines is 2. The fraction of sp³-hybridized carbons (Fsp3) is 0.333. The van der Waals surface area contributed by atoms with Crippen molar-refractivity contribution in [1.29, 1.82) is 0 Å². The van der Waals surface area contributed by atoms with Crippen molar-refractivity contribution in [3.05, 3.63) is 53.7 Å². The molecule has 1 aromatic heterocycles. The first-order valence-electron chi connectivity index (χ1n) is 10.6. The molecule has 32 heavy (non-hydrogen) atoms. The van der Waals surface area contributed by atoms with E-state index in [9.17, 15) is 9.59 Å². The summed E-state index contributed by atoms with van der Waals surface area (Å²) in [5.41, 5.74) is 3.60. The quantitative estimate of drug-likeness (QED) is 0.578. The lowest BCUT2D eigenvalue weighted by atomic mass is 10.1. The average molecular weight is 437 g/mol. The van der Waals surface area contributed by atoms with Gasteiger partial charge in [0.25, 0.3) is 0 Å². The zero-order valence-electron chi connectivity index (χ0n) is 18.6. The third-order valence-electron chi connectivity index (χ3n) is 5.77. The van der Waals surface area contributed by atoms with Crippen molar-refractivity contribution in [3.63, 3.8) is 0 Å². The van der Waals surface area contributed by atoms with Crippen LogP contribution in [0.2, 0.25) is 0 Å². The predicted octanol–water partition coefficient (Wildman–Crippen LogP) is 3.03. The zero-order chi connectivity index (χ0) is 22.7. The molecular weight excluding hydrogens is 408 g/mol. The number of benzene rings is 2. The van der Waals surface area contributed by atoms with Crippen LogP contribution in [0.5, 0.6) is 5.75 Å². The van der Waals surface area contributed by atoms with E-state index in [2.05, 4.69) is 26.2 Å². The summed E-state index contributed by atoms with van der Waals surface area (Å²) in [6.45, 7) is 5.32. The van der Waals surface area contributed by atoms with Gasteiger partial charge in [0.1, 0.15) is 11.4 Å². The first kappa shape index (κ1) is 21.7. The lowest BCUT2D eigenvalue weighted by molar-refractivity contribution is -0.117. The third kappa shape index (κ3) is 4.40. The van der Waals surface area contributed by atoms with Crippen LogP contribution in [-0.2, 0) is 9.53 Å². The number of rotatable bonds is 6. The van der Waals surface area contributed by atoms with E-state index >= 15 is 0 Å². The fourth-order valence-electron chi connectivity index (χ4n) is 4.11. The molecule has 1 saturated heterocycles. The third-order valence-corrected chi connectivity index (χ3v) is 5.77. The second-order valence-corrected chi connectivity index (χ2v) is 7.90. The molecule has 0 radical (unpaired) electrons. The van der Waals surface area contributed by atoms with Gasteiger partial charge in [0.05, 0.1) is 32.1 Å². The Morgan fingerprint density at radius 3 is 2.53 bits per heavy atom. The maximum Gasteiger partial charge on any atom is 0.356 e. The molecular formula is C24H28N4O4. The normalized spacial score (nSPS) is 14.4. The number of hydrogen-bond acceptors (Lipinski definition) is 6. The van der Waals surface area contributed by atoms with Crippen molar-refractivity contribution in [2.75, 3.05) is 57.2 Å². The van der Waals surface area contributed by atoms with Crippen LogP contribution < -0.4 is 15.0 Å². The molecule has 2 heterocycles. The predicted molar refractivity (Wildman–Crippen MR) is 125 cm³/mol. The number of esters is 1. The van der Waals surface area contributed by atoms with Gasteiger partial charge in [-0.1, -0.05) is 23.8 Å². The van der Waals surface area contributed by atoms with Crippen molar-refractivity contribution in [1.82, 2.24) is 9.88 Å². The minimum Gasteiger partial charge on any atom is -0.495 e. The molecule has 0 aliphatic carbocycles. The van der Waals surface area contributed by atoms with E-state index in [1.54, 1.807) is 7.11 Å². The van der Waals surface area contributed by atoms with Gasteiger partial charge in [-0.05, 0) is 31.2 Å². The van der Waals surface area contributed by atoms with Crippen LogP contribution in [0.25, 0.3) is 10.9 Å². The number of piperazine rings is 1. The summed E-state index contributed by atoms with van der Waals surface area (Å²) < 4.78 is 10.4. The summed E-state index contributed by atoms with van der Waals surface area (Å²) >= 11 is 0. The first-order chi connectivity index (χ1) is 15.5.